The van der Waals surface area contributed by atoms with Crippen molar-refractivity contribution in [3.05, 3.63) is 59.7 Å². The molecule has 1 heterocycles. The number of halogens is 2. The smallest absolute Gasteiger partial charge is 0.253 e. The van der Waals surface area contributed by atoms with E-state index in [1.54, 1.807) is 18.7 Å². The van der Waals surface area contributed by atoms with Gasteiger partial charge in [-0.15, -0.1) is 0 Å². The van der Waals surface area contributed by atoms with Gasteiger partial charge in [0.05, 0.1) is 4.90 Å². The van der Waals surface area contributed by atoms with Crippen LogP contribution in [0.3, 0.4) is 0 Å². The maximum Gasteiger partial charge on any atom is 0.253 e. The number of piperidine rings is 1. The van der Waals surface area contributed by atoms with Crippen LogP contribution in [0.5, 0.6) is 5.75 Å². The van der Waals surface area contributed by atoms with Crippen LogP contribution in [0.4, 0.5) is 8.78 Å². The Kier molecular flexibility index (Phi) is 6.96. The largest absolute Gasteiger partial charge is 0.487 e. The van der Waals surface area contributed by atoms with E-state index < -0.39 is 21.7 Å². The third-order valence-corrected chi connectivity index (χ3v) is 7.47. The SMILES string of the molecule is CC(C)N(C)S(=O)(=O)c1ccc(C(=O)N2CCC(Oc3ccc(F)cc3F)CC2)cc1. The number of likely N-dealkylation sites (tertiary alicyclic amines) is 1. The van der Waals surface area contributed by atoms with Crippen LogP contribution in [-0.4, -0.2) is 55.8 Å². The molecule has 9 heteroatoms. The minimum atomic E-state index is -3.61. The summed E-state index contributed by atoms with van der Waals surface area (Å²) in [4.78, 5) is 14.6. The lowest BCUT2D eigenvalue weighted by Gasteiger charge is -2.32. The molecule has 1 fully saturated rings. The molecule has 6 nitrogen and oxygen atoms in total. The van der Waals surface area contributed by atoms with Crippen LogP contribution < -0.4 is 4.74 Å². The molecule has 0 aliphatic carbocycles. The number of carbonyl (C=O) groups excluding carboxylic acids is 1. The molecular formula is C22H26F2N2O4S. The first kappa shape index (κ1) is 23.1. The molecule has 2 aromatic carbocycles. The van der Waals surface area contributed by atoms with Gasteiger partial charge in [0, 0.05) is 50.7 Å². The van der Waals surface area contributed by atoms with Gasteiger partial charge in [-0.2, -0.15) is 4.31 Å². The van der Waals surface area contributed by atoms with Crippen molar-refractivity contribution >= 4 is 15.9 Å². The van der Waals surface area contributed by atoms with E-state index in [-0.39, 0.29) is 28.7 Å². The molecular weight excluding hydrogens is 426 g/mol. The van der Waals surface area contributed by atoms with Crippen LogP contribution in [0.25, 0.3) is 0 Å². The maximum absolute atomic E-state index is 13.8. The number of rotatable bonds is 6. The van der Waals surface area contributed by atoms with Gasteiger partial charge in [-0.05, 0) is 50.2 Å². The van der Waals surface area contributed by atoms with Crippen LogP contribution in [0.15, 0.2) is 47.4 Å². The second-order valence-corrected chi connectivity index (χ2v) is 9.82. The Labute approximate surface area is 181 Å². The Hall–Kier alpha value is -2.52. The van der Waals surface area contributed by atoms with Gasteiger partial charge < -0.3 is 9.64 Å². The van der Waals surface area contributed by atoms with Crippen LogP contribution in [0.1, 0.15) is 37.0 Å². The monoisotopic (exact) mass is 452 g/mol. The number of amides is 1. The molecule has 0 saturated carbocycles. The molecule has 0 radical (unpaired) electrons. The van der Waals surface area contributed by atoms with Gasteiger partial charge in [-0.25, -0.2) is 17.2 Å². The highest BCUT2D eigenvalue weighted by Crippen LogP contribution is 2.24. The van der Waals surface area contributed by atoms with E-state index in [2.05, 4.69) is 0 Å². The normalized spacial score (nSPS) is 15.5. The highest BCUT2D eigenvalue weighted by molar-refractivity contribution is 7.89. The van der Waals surface area contributed by atoms with Crippen LogP contribution in [0, 0.1) is 11.6 Å². The predicted octanol–water partition coefficient (Wildman–Crippen LogP) is 3.68. The summed E-state index contributed by atoms with van der Waals surface area (Å²) < 4.78 is 58.8. The van der Waals surface area contributed by atoms with Gasteiger partial charge in [0.25, 0.3) is 5.91 Å². The molecule has 1 aliphatic heterocycles. The van der Waals surface area contributed by atoms with Gasteiger partial charge in [-0.1, -0.05) is 0 Å². The Morgan fingerprint density at radius 1 is 1.10 bits per heavy atom. The number of hydrogen-bond donors (Lipinski definition) is 0. The highest BCUT2D eigenvalue weighted by atomic mass is 32.2. The van der Waals surface area contributed by atoms with E-state index in [0.717, 1.165) is 12.1 Å². The van der Waals surface area contributed by atoms with Gasteiger partial charge in [0.1, 0.15) is 11.9 Å². The van der Waals surface area contributed by atoms with Gasteiger partial charge >= 0.3 is 0 Å². The fourth-order valence-electron chi connectivity index (χ4n) is 3.32. The Balaban J connectivity index is 1.60. The molecule has 0 N–H and O–H groups in total. The van der Waals surface area contributed by atoms with E-state index in [9.17, 15) is 22.0 Å². The molecule has 0 atom stereocenters. The van der Waals surface area contributed by atoms with Crippen LogP contribution in [0.2, 0.25) is 0 Å². The summed E-state index contributed by atoms with van der Waals surface area (Å²) in [5, 5.41) is 0. The second-order valence-electron chi connectivity index (χ2n) is 7.82. The van der Waals surface area contributed by atoms with E-state index >= 15 is 0 Å². The topological polar surface area (TPSA) is 66.9 Å². The van der Waals surface area contributed by atoms with E-state index in [1.807, 2.05) is 0 Å². The molecule has 0 bridgehead atoms. The molecule has 1 saturated heterocycles. The van der Waals surface area contributed by atoms with Crippen molar-refractivity contribution < 1.29 is 26.7 Å². The average Bonchev–Trinajstić information content (AvgIpc) is 2.75. The Morgan fingerprint density at radius 3 is 2.26 bits per heavy atom. The van der Waals surface area contributed by atoms with Gasteiger partial charge in [0.15, 0.2) is 11.6 Å². The molecule has 1 amide bonds. The zero-order chi connectivity index (χ0) is 22.8. The zero-order valence-electron chi connectivity index (χ0n) is 17.7. The van der Waals surface area contributed by atoms with Crippen molar-refractivity contribution in [3.8, 4) is 5.75 Å². The van der Waals surface area contributed by atoms with E-state index in [0.29, 0.717) is 31.5 Å². The summed E-state index contributed by atoms with van der Waals surface area (Å²) in [6.45, 7) is 4.41. The summed E-state index contributed by atoms with van der Waals surface area (Å²) in [5.41, 5.74) is 0.398. The molecule has 168 valence electrons. The first-order valence-corrected chi connectivity index (χ1v) is 11.5. The molecule has 1 aliphatic rings. The van der Waals surface area contributed by atoms with Crippen LogP contribution in [-0.2, 0) is 10.0 Å². The highest BCUT2D eigenvalue weighted by Gasteiger charge is 2.27. The fourth-order valence-corrected chi connectivity index (χ4v) is 4.69. The summed E-state index contributed by atoms with van der Waals surface area (Å²) >= 11 is 0. The lowest BCUT2D eigenvalue weighted by atomic mass is 10.1. The average molecular weight is 453 g/mol. The molecule has 0 unspecified atom stereocenters. The van der Waals surface area contributed by atoms with Gasteiger partial charge in [0.2, 0.25) is 10.0 Å². The summed E-state index contributed by atoms with van der Waals surface area (Å²) in [6.07, 6.45) is 0.741. The van der Waals surface area contributed by atoms with Crippen molar-refractivity contribution in [2.45, 2.75) is 43.7 Å². The second kappa shape index (κ2) is 9.32. The zero-order valence-corrected chi connectivity index (χ0v) is 18.5. The predicted molar refractivity (Wildman–Crippen MR) is 112 cm³/mol. The molecule has 31 heavy (non-hydrogen) atoms. The Bertz CT molecular complexity index is 1030. The van der Waals surface area contributed by atoms with Crippen molar-refractivity contribution in [1.82, 2.24) is 9.21 Å². The number of hydrogen-bond acceptors (Lipinski definition) is 4. The fraction of sp³-hybridized carbons (Fsp3) is 0.409. The number of nitrogens with zero attached hydrogens (tertiary/aromatic N) is 2. The first-order chi connectivity index (χ1) is 14.6. The molecule has 0 aromatic heterocycles. The van der Waals surface area contributed by atoms with Gasteiger partial charge in [-0.3, -0.25) is 4.79 Å². The third kappa shape index (κ3) is 5.22. The van der Waals surface area contributed by atoms with Crippen molar-refractivity contribution in [1.29, 1.82) is 0 Å². The molecule has 3 rings (SSSR count). The standard InChI is InChI=1S/C22H26F2N2O4S/c1-15(2)25(3)31(28,29)19-7-4-16(5-8-19)22(27)26-12-10-18(11-13-26)30-21-9-6-17(23)14-20(21)24/h4-9,14-15,18H,10-13H2,1-3H3. The minimum absolute atomic E-state index is 0.00524. The summed E-state index contributed by atoms with van der Waals surface area (Å²) in [7, 11) is -2.09. The first-order valence-electron chi connectivity index (χ1n) is 10.1. The number of sulfonamides is 1. The quantitative estimate of drug-likeness (QED) is 0.671. The van der Waals surface area contributed by atoms with E-state index in [1.165, 1.54) is 41.7 Å². The minimum Gasteiger partial charge on any atom is -0.487 e. The molecule has 0 spiro atoms. The van der Waals surface area contributed by atoms with Crippen molar-refractivity contribution in [2.75, 3.05) is 20.1 Å². The third-order valence-electron chi connectivity index (χ3n) is 5.42. The van der Waals surface area contributed by atoms with Crippen molar-refractivity contribution in [2.24, 2.45) is 0 Å². The van der Waals surface area contributed by atoms with Crippen LogP contribution >= 0.6 is 0 Å². The maximum atomic E-state index is 13.8. The lowest BCUT2D eigenvalue weighted by Crippen LogP contribution is -2.41. The molecule has 2 aromatic rings. The lowest BCUT2D eigenvalue weighted by molar-refractivity contribution is 0.0588. The number of ether oxygens (including phenoxy) is 1. The van der Waals surface area contributed by atoms with Crippen molar-refractivity contribution in [3.63, 3.8) is 0 Å². The Morgan fingerprint density at radius 2 is 1.71 bits per heavy atom. The van der Waals surface area contributed by atoms with E-state index in [4.69, 9.17) is 4.74 Å². The summed E-state index contributed by atoms with van der Waals surface area (Å²) in [5.74, 6) is -1.63. The number of benzene rings is 2. The number of carbonyl (C=O) groups is 1. The summed E-state index contributed by atoms with van der Waals surface area (Å²) in [6, 6.07) is 8.90.